The molecule has 7 heteroatoms. The van der Waals surface area contributed by atoms with Crippen LogP contribution >= 0.6 is 0 Å². The van der Waals surface area contributed by atoms with Crippen LogP contribution in [0, 0.1) is 0 Å². The molecule has 2 aromatic heterocycles. The zero-order chi connectivity index (χ0) is 15.5. The molecule has 0 aliphatic rings. The quantitative estimate of drug-likeness (QED) is 0.756. The molecule has 0 saturated heterocycles. The first-order valence-corrected chi connectivity index (χ1v) is 6.88. The number of benzene rings is 1. The largest absolute Gasteiger partial charge is 0.371 e. The van der Waals surface area contributed by atoms with Crippen LogP contribution < -0.4 is 10.6 Å². The summed E-state index contributed by atoms with van der Waals surface area (Å²) in [6.07, 6.45) is 3.07. The third kappa shape index (κ3) is 2.26. The minimum Gasteiger partial charge on any atom is -0.371 e. The Morgan fingerprint density at radius 3 is 2.59 bits per heavy atom. The summed E-state index contributed by atoms with van der Waals surface area (Å²) in [5.41, 5.74) is 2.11. The smallest absolute Gasteiger partial charge is 0.247 e. The number of likely N-dealkylation sites (N-methyl/N-ethyl adjacent to an activating group) is 1. The van der Waals surface area contributed by atoms with E-state index in [1.54, 1.807) is 25.0 Å². The van der Waals surface area contributed by atoms with Gasteiger partial charge in [0.1, 0.15) is 17.9 Å². The number of rotatable bonds is 4. The fraction of sp³-hybridized carbons (Fsp3) is 0.200. The van der Waals surface area contributed by atoms with E-state index in [0.29, 0.717) is 17.0 Å². The maximum absolute atomic E-state index is 12.4. The summed E-state index contributed by atoms with van der Waals surface area (Å²) in [6.45, 7) is 0. The number of hydrogen-bond donors (Lipinski definition) is 2. The summed E-state index contributed by atoms with van der Waals surface area (Å²) in [4.78, 5) is 25.2. The van der Waals surface area contributed by atoms with Crippen molar-refractivity contribution in [1.29, 1.82) is 0 Å². The van der Waals surface area contributed by atoms with Crippen molar-refractivity contribution in [3.8, 4) is 0 Å². The van der Waals surface area contributed by atoms with Crippen LogP contribution in [0.5, 0.6) is 0 Å². The summed E-state index contributed by atoms with van der Waals surface area (Å²) in [7, 11) is 3.39. The number of amides is 1. The monoisotopic (exact) mass is 296 g/mol. The highest BCUT2D eigenvalue weighted by Crippen LogP contribution is 2.25. The zero-order valence-electron chi connectivity index (χ0n) is 12.3. The van der Waals surface area contributed by atoms with Crippen molar-refractivity contribution in [2.45, 2.75) is 6.04 Å². The van der Waals surface area contributed by atoms with E-state index in [1.165, 1.54) is 6.33 Å². The first-order chi connectivity index (χ1) is 10.8. The van der Waals surface area contributed by atoms with E-state index in [-0.39, 0.29) is 5.91 Å². The molecule has 2 N–H and O–H groups in total. The third-order valence-electron chi connectivity index (χ3n) is 3.48. The Kier molecular flexibility index (Phi) is 3.69. The Morgan fingerprint density at radius 1 is 1.14 bits per heavy atom. The summed E-state index contributed by atoms with van der Waals surface area (Å²) < 4.78 is 1.76. The average molecular weight is 296 g/mol. The zero-order valence-corrected chi connectivity index (χ0v) is 12.3. The molecule has 22 heavy (non-hydrogen) atoms. The average Bonchev–Trinajstić information content (AvgIpc) is 3.00. The normalized spacial score (nSPS) is 12.1. The number of aromatic nitrogens is 4. The number of carbonyl (C=O) groups is 1. The van der Waals surface area contributed by atoms with Gasteiger partial charge in [-0.1, -0.05) is 30.3 Å². The molecule has 1 amide bonds. The molecular weight excluding hydrogens is 280 g/mol. The van der Waals surface area contributed by atoms with E-state index < -0.39 is 6.04 Å². The van der Waals surface area contributed by atoms with Crippen molar-refractivity contribution in [3.05, 3.63) is 48.5 Å². The highest BCUT2D eigenvalue weighted by molar-refractivity contribution is 5.88. The molecule has 112 valence electrons. The molecule has 0 aliphatic carbocycles. The van der Waals surface area contributed by atoms with Gasteiger partial charge in [0.25, 0.3) is 0 Å². The lowest BCUT2D eigenvalue weighted by Gasteiger charge is -2.17. The van der Waals surface area contributed by atoms with Gasteiger partial charge < -0.3 is 10.6 Å². The van der Waals surface area contributed by atoms with Gasteiger partial charge in [-0.25, -0.2) is 15.0 Å². The molecule has 1 unspecified atom stereocenters. The van der Waals surface area contributed by atoms with Crippen LogP contribution in [0.3, 0.4) is 0 Å². The molecule has 0 aliphatic heterocycles. The molecule has 0 fully saturated rings. The van der Waals surface area contributed by atoms with Crippen LogP contribution in [0.1, 0.15) is 11.6 Å². The molecular formula is C15H16N6O. The Balaban J connectivity index is 2.19. The fourth-order valence-electron chi connectivity index (χ4n) is 2.43. The van der Waals surface area contributed by atoms with Gasteiger partial charge in [0, 0.05) is 14.1 Å². The minimum atomic E-state index is -0.532. The van der Waals surface area contributed by atoms with Gasteiger partial charge in [-0.15, -0.1) is 0 Å². The van der Waals surface area contributed by atoms with E-state index in [9.17, 15) is 4.79 Å². The minimum absolute atomic E-state index is 0.130. The number of fused-ring (bicyclic) bond motifs is 1. The molecule has 0 saturated carbocycles. The molecule has 3 rings (SSSR count). The van der Waals surface area contributed by atoms with Crippen LogP contribution in [0.2, 0.25) is 0 Å². The molecule has 0 radical (unpaired) electrons. The number of nitrogens with zero attached hydrogens (tertiary/aromatic N) is 4. The van der Waals surface area contributed by atoms with Crippen molar-refractivity contribution in [2.75, 3.05) is 19.4 Å². The predicted octanol–water partition coefficient (Wildman–Crippen LogP) is 1.20. The highest BCUT2D eigenvalue weighted by Gasteiger charge is 2.24. The van der Waals surface area contributed by atoms with Crippen LogP contribution in [0.25, 0.3) is 11.2 Å². The molecule has 3 aromatic rings. The molecule has 0 bridgehead atoms. The third-order valence-corrected chi connectivity index (χ3v) is 3.48. The lowest BCUT2D eigenvalue weighted by Crippen LogP contribution is -2.30. The molecule has 7 nitrogen and oxygen atoms in total. The van der Waals surface area contributed by atoms with Crippen LogP contribution in [-0.4, -0.2) is 39.5 Å². The van der Waals surface area contributed by atoms with E-state index in [0.717, 1.165) is 5.56 Å². The first-order valence-electron chi connectivity index (χ1n) is 6.88. The van der Waals surface area contributed by atoms with Crippen LogP contribution in [0.4, 0.5) is 5.82 Å². The van der Waals surface area contributed by atoms with Gasteiger partial charge in [-0.05, 0) is 5.56 Å². The maximum Gasteiger partial charge on any atom is 0.247 e. The summed E-state index contributed by atoms with van der Waals surface area (Å²) in [6, 6.07) is 9.00. The summed E-state index contributed by atoms with van der Waals surface area (Å²) >= 11 is 0. The number of hydrogen-bond acceptors (Lipinski definition) is 5. The topological polar surface area (TPSA) is 84.7 Å². The van der Waals surface area contributed by atoms with Gasteiger partial charge in [-0.3, -0.25) is 9.36 Å². The van der Waals surface area contributed by atoms with Crippen LogP contribution in [-0.2, 0) is 4.79 Å². The van der Waals surface area contributed by atoms with Gasteiger partial charge in [0.2, 0.25) is 5.91 Å². The lowest BCUT2D eigenvalue weighted by atomic mass is 10.1. The number of nitrogens with one attached hydrogen (secondary N) is 2. The standard InChI is InChI=1S/C15H16N6O/c1-16-13-11-14(19-8-18-13)21(9-20-11)12(15(22)17-2)10-6-4-3-5-7-10/h3-9,12H,1-2H3,(H,17,22)(H,16,18,19). The van der Waals surface area contributed by atoms with Crippen molar-refractivity contribution in [1.82, 2.24) is 24.8 Å². The summed E-state index contributed by atoms with van der Waals surface area (Å²) in [5.74, 6) is 0.502. The number of carbonyl (C=O) groups excluding carboxylic acids is 1. The van der Waals surface area contributed by atoms with Crippen molar-refractivity contribution in [3.63, 3.8) is 0 Å². The first kappa shape index (κ1) is 14.0. The van der Waals surface area contributed by atoms with E-state index in [2.05, 4.69) is 25.6 Å². The molecule has 2 heterocycles. The lowest BCUT2D eigenvalue weighted by molar-refractivity contribution is -0.122. The van der Waals surface area contributed by atoms with Gasteiger partial charge >= 0.3 is 0 Å². The second-order valence-corrected chi connectivity index (χ2v) is 4.72. The summed E-state index contributed by atoms with van der Waals surface area (Å²) in [5, 5.41) is 5.68. The second-order valence-electron chi connectivity index (χ2n) is 4.72. The second kappa shape index (κ2) is 5.80. The van der Waals surface area contributed by atoms with Gasteiger partial charge in [-0.2, -0.15) is 0 Å². The number of imidazole rings is 1. The SMILES string of the molecule is CNC(=O)C(c1ccccc1)n1cnc2c(NC)ncnc21. The van der Waals surface area contributed by atoms with Gasteiger partial charge in [0.05, 0.1) is 6.33 Å². The maximum atomic E-state index is 12.4. The molecule has 1 aromatic carbocycles. The van der Waals surface area contributed by atoms with E-state index in [1.807, 2.05) is 30.3 Å². The van der Waals surface area contributed by atoms with Crippen molar-refractivity contribution >= 4 is 22.9 Å². The number of anilines is 1. The Morgan fingerprint density at radius 2 is 1.91 bits per heavy atom. The Bertz CT molecular complexity index is 798. The van der Waals surface area contributed by atoms with Gasteiger partial charge in [0.15, 0.2) is 11.5 Å². The predicted molar refractivity (Wildman–Crippen MR) is 83.5 cm³/mol. The van der Waals surface area contributed by atoms with E-state index in [4.69, 9.17) is 0 Å². The van der Waals surface area contributed by atoms with E-state index >= 15 is 0 Å². The molecule has 0 spiro atoms. The Hall–Kier alpha value is -2.96. The Labute approximate surface area is 127 Å². The molecule has 1 atom stereocenters. The van der Waals surface area contributed by atoms with Crippen molar-refractivity contribution < 1.29 is 4.79 Å². The highest BCUT2D eigenvalue weighted by atomic mass is 16.2. The fourth-order valence-corrected chi connectivity index (χ4v) is 2.43. The van der Waals surface area contributed by atoms with Crippen LogP contribution in [0.15, 0.2) is 43.0 Å². The van der Waals surface area contributed by atoms with Crippen molar-refractivity contribution in [2.24, 2.45) is 0 Å².